The van der Waals surface area contributed by atoms with Gasteiger partial charge in [-0.05, 0) is 50.0 Å². The SMILES string of the molecule is Cc1cc(C)c2c(n1)C=CCC2. The zero-order valence-electron chi connectivity index (χ0n) is 7.59. The van der Waals surface area contributed by atoms with Crippen LogP contribution in [0.2, 0.25) is 0 Å². The van der Waals surface area contributed by atoms with Crippen molar-refractivity contribution < 1.29 is 0 Å². The predicted molar refractivity (Wildman–Crippen MR) is 51.1 cm³/mol. The number of rotatable bonds is 0. The maximum atomic E-state index is 4.49. The van der Waals surface area contributed by atoms with Crippen LogP contribution in [0.1, 0.15) is 28.9 Å². The van der Waals surface area contributed by atoms with Gasteiger partial charge in [0.1, 0.15) is 0 Å². The molecule has 0 N–H and O–H groups in total. The number of fused-ring (bicyclic) bond motifs is 1. The van der Waals surface area contributed by atoms with Crippen molar-refractivity contribution in [2.75, 3.05) is 0 Å². The normalized spacial score (nSPS) is 14.5. The molecule has 2 rings (SSSR count). The lowest BCUT2D eigenvalue weighted by atomic mass is 9.97. The first-order valence-electron chi connectivity index (χ1n) is 4.41. The average molecular weight is 159 g/mol. The lowest BCUT2D eigenvalue weighted by Crippen LogP contribution is -2.01. The molecule has 0 radical (unpaired) electrons. The molecule has 0 bridgehead atoms. The van der Waals surface area contributed by atoms with Crippen LogP contribution in [0.5, 0.6) is 0 Å². The highest BCUT2D eigenvalue weighted by molar-refractivity contribution is 5.54. The summed E-state index contributed by atoms with van der Waals surface area (Å²) < 4.78 is 0. The molecule has 0 unspecified atom stereocenters. The van der Waals surface area contributed by atoms with Gasteiger partial charge in [0.15, 0.2) is 0 Å². The Balaban J connectivity index is 2.62. The van der Waals surface area contributed by atoms with Crippen LogP contribution < -0.4 is 0 Å². The van der Waals surface area contributed by atoms with Crippen LogP contribution in [-0.4, -0.2) is 4.98 Å². The first-order chi connectivity index (χ1) is 5.77. The number of hydrogen-bond acceptors (Lipinski definition) is 1. The van der Waals surface area contributed by atoms with Crippen LogP contribution in [0, 0.1) is 13.8 Å². The highest BCUT2D eigenvalue weighted by atomic mass is 14.7. The van der Waals surface area contributed by atoms with Crippen LogP contribution in [0.25, 0.3) is 6.08 Å². The summed E-state index contributed by atoms with van der Waals surface area (Å²) in [6.45, 7) is 4.22. The molecule has 62 valence electrons. The van der Waals surface area contributed by atoms with E-state index in [1.165, 1.54) is 23.2 Å². The van der Waals surface area contributed by atoms with Crippen molar-refractivity contribution in [3.05, 3.63) is 34.7 Å². The van der Waals surface area contributed by atoms with Gasteiger partial charge in [-0.25, -0.2) is 0 Å². The van der Waals surface area contributed by atoms with Crippen molar-refractivity contribution in [1.29, 1.82) is 0 Å². The van der Waals surface area contributed by atoms with Crippen LogP contribution in [0.15, 0.2) is 12.1 Å². The van der Waals surface area contributed by atoms with Crippen molar-refractivity contribution in [2.45, 2.75) is 26.7 Å². The molecular weight excluding hydrogens is 146 g/mol. The van der Waals surface area contributed by atoms with E-state index in [4.69, 9.17) is 0 Å². The highest BCUT2D eigenvalue weighted by Crippen LogP contribution is 2.21. The summed E-state index contributed by atoms with van der Waals surface area (Å²) in [6, 6.07) is 2.16. The Morgan fingerprint density at radius 1 is 1.33 bits per heavy atom. The van der Waals surface area contributed by atoms with Gasteiger partial charge in [-0.1, -0.05) is 6.08 Å². The van der Waals surface area contributed by atoms with Crippen LogP contribution in [0.3, 0.4) is 0 Å². The predicted octanol–water partition coefficient (Wildman–Crippen LogP) is 2.66. The summed E-state index contributed by atoms with van der Waals surface area (Å²) in [6.07, 6.45) is 6.66. The summed E-state index contributed by atoms with van der Waals surface area (Å²) >= 11 is 0. The van der Waals surface area contributed by atoms with Crippen molar-refractivity contribution in [1.82, 2.24) is 4.98 Å². The molecule has 0 atom stereocenters. The lowest BCUT2D eigenvalue weighted by Gasteiger charge is -2.12. The third-order valence-corrected chi connectivity index (χ3v) is 2.34. The first-order valence-corrected chi connectivity index (χ1v) is 4.41. The Labute approximate surface area is 73.1 Å². The van der Waals surface area contributed by atoms with Crippen LogP contribution >= 0.6 is 0 Å². The van der Waals surface area contributed by atoms with E-state index in [2.05, 4.69) is 37.0 Å². The van der Waals surface area contributed by atoms with Gasteiger partial charge in [0.05, 0.1) is 5.69 Å². The Morgan fingerprint density at radius 3 is 3.00 bits per heavy atom. The van der Waals surface area contributed by atoms with Gasteiger partial charge in [-0.3, -0.25) is 4.98 Å². The second-order valence-corrected chi connectivity index (χ2v) is 3.39. The van der Waals surface area contributed by atoms with E-state index in [1.807, 2.05) is 0 Å². The summed E-state index contributed by atoms with van der Waals surface area (Å²) in [7, 11) is 0. The van der Waals surface area contributed by atoms with Gasteiger partial charge in [0.2, 0.25) is 0 Å². The molecule has 1 heterocycles. The number of allylic oxidation sites excluding steroid dienone is 1. The molecule has 0 spiro atoms. The number of aromatic nitrogens is 1. The van der Waals surface area contributed by atoms with Gasteiger partial charge < -0.3 is 0 Å². The number of pyridine rings is 1. The molecule has 12 heavy (non-hydrogen) atoms. The fourth-order valence-corrected chi connectivity index (χ4v) is 1.78. The summed E-state index contributed by atoms with van der Waals surface area (Å²) in [5.74, 6) is 0. The molecule has 0 fully saturated rings. The Morgan fingerprint density at radius 2 is 2.17 bits per heavy atom. The minimum Gasteiger partial charge on any atom is -0.253 e. The van der Waals surface area contributed by atoms with Crippen molar-refractivity contribution in [3.63, 3.8) is 0 Å². The van der Waals surface area contributed by atoms with E-state index in [-0.39, 0.29) is 0 Å². The highest BCUT2D eigenvalue weighted by Gasteiger charge is 2.08. The molecule has 0 saturated heterocycles. The molecular formula is C11H13N. The second-order valence-electron chi connectivity index (χ2n) is 3.39. The van der Waals surface area contributed by atoms with Gasteiger partial charge in [-0.2, -0.15) is 0 Å². The van der Waals surface area contributed by atoms with Crippen molar-refractivity contribution in [2.24, 2.45) is 0 Å². The summed E-state index contributed by atoms with van der Waals surface area (Å²) in [5, 5.41) is 0. The third kappa shape index (κ3) is 1.15. The van der Waals surface area contributed by atoms with E-state index in [1.54, 1.807) is 0 Å². The smallest absolute Gasteiger partial charge is 0.0664 e. The van der Waals surface area contributed by atoms with Gasteiger partial charge >= 0.3 is 0 Å². The van der Waals surface area contributed by atoms with E-state index in [0.29, 0.717) is 0 Å². The minimum absolute atomic E-state index is 1.12. The van der Waals surface area contributed by atoms with E-state index >= 15 is 0 Å². The Hall–Kier alpha value is -1.11. The van der Waals surface area contributed by atoms with E-state index in [9.17, 15) is 0 Å². The number of hydrogen-bond donors (Lipinski definition) is 0. The minimum atomic E-state index is 1.12. The monoisotopic (exact) mass is 159 g/mol. The zero-order valence-corrected chi connectivity index (χ0v) is 7.59. The van der Waals surface area contributed by atoms with E-state index < -0.39 is 0 Å². The van der Waals surface area contributed by atoms with Crippen molar-refractivity contribution in [3.8, 4) is 0 Å². The molecule has 1 aromatic rings. The van der Waals surface area contributed by atoms with E-state index in [0.717, 1.165) is 12.1 Å². The third-order valence-electron chi connectivity index (χ3n) is 2.34. The largest absolute Gasteiger partial charge is 0.253 e. The van der Waals surface area contributed by atoms with Crippen molar-refractivity contribution >= 4 is 6.08 Å². The van der Waals surface area contributed by atoms with Gasteiger partial charge in [-0.15, -0.1) is 0 Å². The number of aryl methyl sites for hydroxylation is 2. The maximum absolute atomic E-state index is 4.49. The van der Waals surface area contributed by atoms with Crippen LogP contribution in [-0.2, 0) is 6.42 Å². The zero-order chi connectivity index (χ0) is 8.55. The Kier molecular flexibility index (Phi) is 1.72. The Bertz CT molecular complexity index is 337. The number of nitrogens with zero attached hydrogens (tertiary/aromatic N) is 1. The summed E-state index contributed by atoms with van der Waals surface area (Å²) in [4.78, 5) is 4.49. The molecule has 1 nitrogen and oxygen atoms in total. The average Bonchev–Trinajstić information content (AvgIpc) is 2.04. The van der Waals surface area contributed by atoms with Crippen LogP contribution in [0.4, 0.5) is 0 Å². The molecule has 0 saturated carbocycles. The first kappa shape index (κ1) is 7.53. The molecule has 1 aliphatic rings. The van der Waals surface area contributed by atoms with Gasteiger partial charge in [0.25, 0.3) is 0 Å². The lowest BCUT2D eigenvalue weighted by molar-refractivity contribution is 0.939. The molecule has 0 aliphatic heterocycles. The molecule has 1 heteroatoms. The molecule has 0 aromatic carbocycles. The summed E-state index contributed by atoms with van der Waals surface area (Å²) in [5.41, 5.74) is 5.13. The fraction of sp³-hybridized carbons (Fsp3) is 0.364. The maximum Gasteiger partial charge on any atom is 0.0664 e. The second kappa shape index (κ2) is 2.74. The quantitative estimate of drug-likeness (QED) is 0.567. The fourth-order valence-electron chi connectivity index (χ4n) is 1.78. The topological polar surface area (TPSA) is 12.9 Å². The molecule has 1 aromatic heterocycles. The standard InChI is InChI=1S/C11H13N/c1-8-7-9(2)12-11-6-4-3-5-10(8)11/h4,6-7H,3,5H2,1-2H3. The molecule has 1 aliphatic carbocycles. The van der Waals surface area contributed by atoms with Gasteiger partial charge in [0, 0.05) is 5.69 Å². The molecule has 0 amide bonds.